The number of allylic oxidation sites excluding steroid dienone is 1. The van der Waals surface area contributed by atoms with E-state index in [1.165, 1.54) is 12.1 Å². The molecule has 1 aromatic rings. The molecule has 1 N–H and O–H groups in total. The molecule has 0 radical (unpaired) electrons. The normalized spacial score (nSPS) is 12.4. The Hall–Kier alpha value is -0.860. The maximum atomic E-state index is 13.0. The average molecular weight is 270 g/mol. The summed E-state index contributed by atoms with van der Waals surface area (Å²) in [6, 6.07) is 5.01. The summed E-state index contributed by atoms with van der Waals surface area (Å²) in [6.07, 6.45) is 5.99. The fraction of sp³-hybridized carbons (Fsp3) is 0.467. The Kier molecular flexibility index (Phi) is 6.99. The van der Waals surface area contributed by atoms with Crippen molar-refractivity contribution in [3.63, 3.8) is 0 Å². The van der Waals surface area contributed by atoms with Crippen molar-refractivity contribution in [2.75, 3.05) is 6.54 Å². The van der Waals surface area contributed by atoms with E-state index >= 15 is 0 Å². The molecule has 1 nitrogen and oxygen atoms in total. The summed E-state index contributed by atoms with van der Waals surface area (Å²) >= 11 is 6.05. The van der Waals surface area contributed by atoms with Crippen LogP contribution in [0.5, 0.6) is 0 Å². The third-order valence-electron chi connectivity index (χ3n) is 2.94. The van der Waals surface area contributed by atoms with E-state index in [-0.39, 0.29) is 5.82 Å². The summed E-state index contributed by atoms with van der Waals surface area (Å²) in [4.78, 5) is 0. The molecule has 0 aliphatic heterocycles. The number of likely N-dealkylation sites (N-methyl/N-ethyl adjacent to an activating group) is 1. The molecule has 0 heterocycles. The Bertz CT molecular complexity index is 379. The fourth-order valence-electron chi connectivity index (χ4n) is 2.03. The highest BCUT2D eigenvalue weighted by atomic mass is 35.5. The van der Waals surface area contributed by atoms with Crippen molar-refractivity contribution in [2.24, 2.45) is 0 Å². The van der Waals surface area contributed by atoms with Gasteiger partial charge in [-0.25, -0.2) is 4.39 Å². The molecule has 0 amide bonds. The second kappa shape index (κ2) is 8.28. The van der Waals surface area contributed by atoms with Crippen molar-refractivity contribution in [1.29, 1.82) is 0 Å². The number of rotatable bonds is 8. The molecule has 100 valence electrons. The predicted octanol–water partition coefficient (Wildman–Crippen LogP) is 4.36. The predicted molar refractivity (Wildman–Crippen MR) is 76.6 cm³/mol. The van der Waals surface area contributed by atoms with Gasteiger partial charge in [-0.15, -0.1) is 6.58 Å². The Morgan fingerprint density at radius 2 is 2.28 bits per heavy atom. The first kappa shape index (κ1) is 15.2. The van der Waals surface area contributed by atoms with E-state index in [1.54, 1.807) is 6.07 Å². The topological polar surface area (TPSA) is 12.0 Å². The van der Waals surface area contributed by atoms with Crippen LogP contribution in [0.4, 0.5) is 4.39 Å². The second-order valence-corrected chi connectivity index (χ2v) is 4.82. The smallest absolute Gasteiger partial charge is 0.124 e. The lowest BCUT2D eigenvalue weighted by atomic mass is 10.0. The maximum Gasteiger partial charge on any atom is 0.124 e. The van der Waals surface area contributed by atoms with Crippen LogP contribution in [0.1, 0.15) is 31.7 Å². The molecule has 1 atom stereocenters. The van der Waals surface area contributed by atoms with Crippen molar-refractivity contribution >= 4 is 11.6 Å². The summed E-state index contributed by atoms with van der Waals surface area (Å²) in [6.45, 7) is 6.75. The second-order valence-electron chi connectivity index (χ2n) is 4.41. The Morgan fingerprint density at radius 1 is 1.50 bits per heavy atom. The molecular weight excluding hydrogens is 249 g/mol. The van der Waals surface area contributed by atoms with Gasteiger partial charge in [0, 0.05) is 11.1 Å². The van der Waals surface area contributed by atoms with Gasteiger partial charge in [0.15, 0.2) is 0 Å². The van der Waals surface area contributed by atoms with E-state index in [4.69, 9.17) is 11.6 Å². The van der Waals surface area contributed by atoms with Gasteiger partial charge in [-0.1, -0.05) is 30.7 Å². The van der Waals surface area contributed by atoms with E-state index < -0.39 is 0 Å². The zero-order valence-corrected chi connectivity index (χ0v) is 11.6. The number of benzene rings is 1. The van der Waals surface area contributed by atoms with Crippen molar-refractivity contribution < 1.29 is 4.39 Å². The van der Waals surface area contributed by atoms with Crippen LogP contribution in [-0.2, 0) is 6.42 Å². The van der Waals surface area contributed by atoms with Crippen LogP contribution >= 0.6 is 11.6 Å². The van der Waals surface area contributed by atoms with Crippen LogP contribution in [0.15, 0.2) is 30.9 Å². The van der Waals surface area contributed by atoms with E-state index in [0.29, 0.717) is 11.1 Å². The molecule has 1 aromatic carbocycles. The number of nitrogens with one attached hydrogen (secondary N) is 1. The minimum absolute atomic E-state index is 0.282. The van der Waals surface area contributed by atoms with Gasteiger partial charge in [0.1, 0.15) is 5.82 Å². The lowest BCUT2D eigenvalue weighted by molar-refractivity contribution is 0.478. The quantitative estimate of drug-likeness (QED) is 0.546. The van der Waals surface area contributed by atoms with Crippen LogP contribution in [-0.4, -0.2) is 12.6 Å². The van der Waals surface area contributed by atoms with E-state index in [1.807, 2.05) is 6.08 Å². The lowest BCUT2D eigenvalue weighted by Gasteiger charge is -2.18. The Morgan fingerprint density at radius 3 is 2.89 bits per heavy atom. The molecule has 18 heavy (non-hydrogen) atoms. The number of unbranched alkanes of at least 4 members (excludes halogenated alkanes) is 1. The van der Waals surface area contributed by atoms with Crippen molar-refractivity contribution in [3.8, 4) is 0 Å². The lowest BCUT2D eigenvalue weighted by Crippen LogP contribution is -2.31. The molecule has 1 unspecified atom stereocenters. The third kappa shape index (κ3) is 5.19. The molecule has 0 aliphatic carbocycles. The first-order valence-electron chi connectivity index (χ1n) is 6.45. The van der Waals surface area contributed by atoms with Crippen molar-refractivity contribution in [3.05, 3.63) is 47.3 Å². The molecule has 0 saturated heterocycles. The van der Waals surface area contributed by atoms with Crippen molar-refractivity contribution in [2.45, 2.75) is 38.6 Å². The van der Waals surface area contributed by atoms with Crippen molar-refractivity contribution in [1.82, 2.24) is 5.32 Å². The summed E-state index contributed by atoms with van der Waals surface area (Å²) in [5, 5.41) is 3.96. The molecule has 0 aromatic heterocycles. The molecule has 1 rings (SSSR count). The van der Waals surface area contributed by atoms with E-state index in [9.17, 15) is 4.39 Å². The zero-order chi connectivity index (χ0) is 13.4. The minimum Gasteiger partial charge on any atom is -0.314 e. The van der Waals surface area contributed by atoms with Gasteiger partial charge in [-0.2, -0.15) is 0 Å². The SMILES string of the molecule is C=CCCCC(Cc1ccc(F)cc1Cl)NCC. The summed E-state index contributed by atoms with van der Waals surface area (Å²) in [7, 11) is 0. The summed E-state index contributed by atoms with van der Waals surface area (Å²) in [5.74, 6) is -0.282. The summed E-state index contributed by atoms with van der Waals surface area (Å²) in [5.41, 5.74) is 1.00. The summed E-state index contributed by atoms with van der Waals surface area (Å²) < 4.78 is 13.0. The Labute approximate surface area is 114 Å². The highest BCUT2D eigenvalue weighted by molar-refractivity contribution is 6.31. The van der Waals surface area contributed by atoms with Crippen LogP contribution in [0.2, 0.25) is 5.02 Å². The maximum absolute atomic E-state index is 13.0. The average Bonchev–Trinajstić information content (AvgIpc) is 2.33. The van der Waals surface area contributed by atoms with Gasteiger partial charge in [0.05, 0.1) is 0 Å². The largest absolute Gasteiger partial charge is 0.314 e. The van der Waals surface area contributed by atoms with Crippen LogP contribution in [0, 0.1) is 5.82 Å². The molecule has 0 spiro atoms. The van der Waals surface area contributed by atoms with Gasteiger partial charge in [-0.05, 0) is 49.9 Å². The molecule has 0 fully saturated rings. The molecule has 0 bridgehead atoms. The highest BCUT2D eigenvalue weighted by Crippen LogP contribution is 2.20. The van der Waals surface area contributed by atoms with Gasteiger partial charge in [0.2, 0.25) is 0 Å². The van der Waals surface area contributed by atoms with Gasteiger partial charge < -0.3 is 5.32 Å². The molecule has 0 saturated carbocycles. The van der Waals surface area contributed by atoms with Gasteiger partial charge in [0.25, 0.3) is 0 Å². The first-order chi connectivity index (χ1) is 8.67. The first-order valence-corrected chi connectivity index (χ1v) is 6.83. The van der Waals surface area contributed by atoms with Crippen LogP contribution in [0.3, 0.4) is 0 Å². The highest BCUT2D eigenvalue weighted by Gasteiger charge is 2.10. The zero-order valence-electron chi connectivity index (χ0n) is 10.9. The molecule has 3 heteroatoms. The minimum atomic E-state index is -0.282. The standard InChI is InChI=1S/C15H21ClFN/c1-3-5-6-7-14(18-4-2)10-12-8-9-13(17)11-15(12)16/h3,8-9,11,14,18H,1,4-7,10H2,2H3. The number of hydrogen-bond acceptors (Lipinski definition) is 1. The third-order valence-corrected chi connectivity index (χ3v) is 3.29. The number of halogens is 2. The van der Waals surface area contributed by atoms with Crippen LogP contribution in [0.25, 0.3) is 0 Å². The fourth-order valence-corrected chi connectivity index (χ4v) is 2.27. The monoisotopic (exact) mass is 269 g/mol. The molecular formula is C15H21ClFN. The van der Waals surface area contributed by atoms with Crippen LogP contribution < -0.4 is 5.32 Å². The van der Waals surface area contributed by atoms with E-state index in [0.717, 1.165) is 37.8 Å². The van der Waals surface area contributed by atoms with Gasteiger partial charge in [-0.3, -0.25) is 0 Å². The number of hydrogen-bond donors (Lipinski definition) is 1. The van der Waals surface area contributed by atoms with Gasteiger partial charge >= 0.3 is 0 Å². The van der Waals surface area contributed by atoms with E-state index in [2.05, 4.69) is 18.8 Å². The Balaban J connectivity index is 2.60. The molecule has 0 aliphatic rings.